The third kappa shape index (κ3) is 5.95. The second-order valence-corrected chi connectivity index (χ2v) is 9.94. The van der Waals surface area contributed by atoms with Crippen LogP contribution in [0, 0.1) is 13.8 Å². The Balaban J connectivity index is 1.74. The van der Waals surface area contributed by atoms with Gasteiger partial charge >= 0.3 is 0 Å². The van der Waals surface area contributed by atoms with Crippen molar-refractivity contribution in [3.63, 3.8) is 0 Å². The van der Waals surface area contributed by atoms with Crippen LogP contribution in [-0.4, -0.2) is 48.7 Å². The Hall–Kier alpha value is -1.60. The van der Waals surface area contributed by atoms with Crippen molar-refractivity contribution in [2.24, 2.45) is 0 Å². The molecule has 3 rings (SSSR count). The van der Waals surface area contributed by atoms with Gasteiger partial charge in [0.05, 0.1) is 10.2 Å². The van der Waals surface area contributed by atoms with Gasteiger partial charge in [-0.1, -0.05) is 29.0 Å². The van der Waals surface area contributed by atoms with E-state index in [-0.39, 0.29) is 5.91 Å². The molecule has 0 aliphatic heterocycles. The second-order valence-electron chi connectivity index (χ2n) is 7.33. The lowest BCUT2D eigenvalue weighted by Gasteiger charge is -2.22. The van der Waals surface area contributed by atoms with Gasteiger partial charge in [0.25, 0.3) is 0 Å². The molecule has 4 nitrogen and oxygen atoms in total. The number of nitrogens with zero attached hydrogens (tertiary/aromatic N) is 3. The molecule has 0 N–H and O–H groups in total. The smallest absolute Gasteiger partial charge is 0.229 e. The van der Waals surface area contributed by atoms with Crippen LogP contribution < -0.4 is 4.90 Å². The standard InChI is InChI=1S/C22H26ClN3OS2/c1-15-13-16(2)21-19(14-15)29-22(24-21)26(11-10-25(3)4)20(27)9-12-28-18-7-5-17(23)6-8-18/h5-8,13-14H,9-12H2,1-4H3. The number of carbonyl (C=O) groups is 1. The first-order valence-corrected chi connectivity index (χ1v) is 11.7. The zero-order valence-corrected chi connectivity index (χ0v) is 19.6. The number of thiazole rings is 1. The maximum Gasteiger partial charge on any atom is 0.229 e. The van der Waals surface area contributed by atoms with Crippen LogP contribution in [0.3, 0.4) is 0 Å². The number of hydrogen-bond donors (Lipinski definition) is 0. The molecule has 0 saturated heterocycles. The first kappa shape index (κ1) is 22.1. The fourth-order valence-electron chi connectivity index (χ4n) is 3.02. The maximum absolute atomic E-state index is 13.1. The predicted octanol–water partition coefficient (Wildman–Crippen LogP) is 5.64. The summed E-state index contributed by atoms with van der Waals surface area (Å²) in [7, 11) is 4.04. The van der Waals surface area contributed by atoms with Crippen molar-refractivity contribution in [3.05, 3.63) is 52.5 Å². The van der Waals surface area contributed by atoms with E-state index in [9.17, 15) is 4.79 Å². The second kappa shape index (κ2) is 9.94. The average molecular weight is 448 g/mol. The van der Waals surface area contributed by atoms with E-state index in [0.717, 1.165) is 43.1 Å². The molecule has 0 spiro atoms. The lowest BCUT2D eigenvalue weighted by Crippen LogP contribution is -2.36. The third-order valence-corrected chi connectivity index (χ3v) is 6.81. The molecule has 0 saturated carbocycles. The Kier molecular flexibility index (Phi) is 7.57. The summed E-state index contributed by atoms with van der Waals surface area (Å²) in [5.74, 6) is 0.837. The molecular weight excluding hydrogens is 422 g/mol. The highest BCUT2D eigenvalue weighted by Gasteiger charge is 2.20. The van der Waals surface area contributed by atoms with Crippen molar-refractivity contribution in [2.45, 2.75) is 25.2 Å². The minimum absolute atomic E-state index is 0.113. The molecule has 1 aromatic heterocycles. The molecule has 7 heteroatoms. The van der Waals surface area contributed by atoms with Gasteiger partial charge in [0.15, 0.2) is 5.13 Å². The number of hydrogen-bond acceptors (Lipinski definition) is 5. The highest BCUT2D eigenvalue weighted by atomic mass is 35.5. The quantitative estimate of drug-likeness (QED) is 0.418. The highest BCUT2D eigenvalue weighted by molar-refractivity contribution is 7.99. The van der Waals surface area contributed by atoms with Crippen LogP contribution in [0.2, 0.25) is 5.02 Å². The molecular formula is C22H26ClN3OS2. The zero-order chi connectivity index (χ0) is 21.0. The maximum atomic E-state index is 13.1. The van der Waals surface area contributed by atoms with Crippen molar-refractivity contribution in [3.8, 4) is 0 Å². The molecule has 0 radical (unpaired) electrons. The van der Waals surface area contributed by atoms with Gasteiger partial charge < -0.3 is 4.90 Å². The number of halogens is 1. The lowest BCUT2D eigenvalue weighted by molar-refractivity contribution is -0.118. The minimum atomic E-state index is 0.113. The van der Waals surface area contributed by atoms with Gasteiger partial charge in [-0.25, -0.2) is 4.98 Å². The van der Waals surface area contributed by atoms with E-state index < -0.39 is 0 Å². The molecule has 2 aromatic carbocycles. The van der Waals surface area contributed by atoms with Crippen LogP contribution in [0.25, 0.3) is 10.2 Å². The molecule has 0 atom stereocenters. The van der Waals surface area contributed by atoms with Crippen molar-refractivity contribution >= 4 is 56.0 Å². The van der Waals surface area contributed by atoms with Gasteiger partial charge in [-0.3, -0.25) is 9.69 Å². The Morgan fingerprint density at radius 1 is 1.14 bits per heavy atom. The van der Waals surface area contributed by atoms with Crippen LogP contribution >= 0.6 is 34.7 Å². The molecule has 0 aliphatic rings. The van der Waals surface area contributed by atoms with E-state index in [0.29, 0.717) is 13.0 Å². The first-order valence-electron chi connectivity index (χ1n) is 9.55. The number of benzene rings is 2. The van der Waals surface area contributed by atoms with Gasteiger partial charge in [0.2, 0.25) is 5.91 Å². The summed E-state index contributed by atoms with van der Waals surface area (Å²) in [6.45, 7) is 5.60. The van der Waals surface area contributed by atoms with Crippen LogP contribution in [-0.2, 0) is 4.79 Å². The van der Waals surface area contributed by atoms with E-state index in [2.05, 4.69) is 30.9 Å². The largest absolute Gasteiger partial charge is 0.308 e. The average Bonchev–Trinajstić information content (AvgIpc) is 3.07. The van der Waals surface area contributed by atoms with Gasteiger partial charge in [-0.05, 0) is 69.4 Å². The Morgan fingerprint density at radius 3 is 2.55 bits per heavy atom. The molecule has 3 aromatic rings. The van der Waals surface area contributed by atoms with Crippen LogP contribution in [0.15, 0.2) is 41.3 Å². The van der Waals surface area contributed by atoms with Crippen molar-refractivity contribution < 1.29 is 4.79 Å². The summed E-state index contributed by atoms with van der Waals surface area (Å²) >= 11 is 9.21. The molecule has 1 amide bonds. The van der Waals surface area contributed by atoms with Crippen LogP contribution in [0.4, 0.5) is 5.13 Å². The summed E-state index contributed by atoms with van der Waals surface area (Å²) in [4.78, 5) is 22.9. The summed E-state index contributed by atoms with van der Waals surface area (Å²) in [6.07, 6.45) is 0.467. The van der Waals surface area contributed by atoms with Gasteiger partial charge in [-0.15, -0.1) is 11.8 Å². The summed E-state index contributed by atoms with van der Waals surface area (Å²) in [5.41, 5.74) is 3.37. The molecule has 154 valence electrons. The zero-order valence-electron chi connectivity index (χ0n) is 17.2. The summed E-state index contributed by atoms with van der Waals surface area (Å²) in [5, 5.41) is 1.51. The van der Waals surface area contributed by atoms with Gasteiger partial charge in [-0.2, -0.15) is 0 Å². The molecule has 0 aliphatic carbocycles. The number of amides is 1. The van der Waals surface area contributed by atoms with E-state index in [1.165, 1.54) is 5.56 Å². The number of rotatable bonds is 8. The van der Waals surface area contributed by atoms with Crippen LogP contribution in [0.5, 0.6) is 0 Å². The summed E-state index contributed by atoms with van der Waals surface area (Å²) < 4.78 is 1.13. The SMILES string of the molecule is Cc1cc(C)c2nc(N(CCN(C)C)C(=O)CCSc3ccc(Cl)cc3)sc2c1. The predicted molar refractivity (Wildman–Crippen MR) is 127 cm³/mol. The van der Waals surface area contributed by atoms with E-state index in [4.69, 9.17) is 16.6 Å². The first-order chi connectivity index (χ1) is 13.8. The molecule has 0 bridgehead atoms. The number of carbonyl (C=O) groups excluding carboxylic acids is 1. The van der Waals surface area contributed by atoms with Crippen molar-refractivity contribution in [1.82, 2.24) is 9.88 Å². The molecule has 29 heavy (non-hydrogen) atoms. The minimum Gasteiger partial charge on any atom is -0.308 e. The topological polar surface area (TPSA) is 36.4 Å². The van der Waals surface area contributed by atoms with Crippen LogP contribution in [0.1, 0.15) is 17.5 Å². The summed E-state index contributed by atoms with van der Waals surface area (Å²) in [6, 6.07) is 12.0. The third-order valence-electron chi connectivity index (χ3n) is 4.52. The number of aromatic nitrogens is 1. The number of likely N-dealkylation sites (N-methyl/N-ethyl adjacent to an activating group) is 1. The normalized spacial score (nSPS) is 11.4. The highest BCUT2D eigenvalue weighted by Crippen LogP contribution is 2.32. The molecule has 0 fully saturated rings. The van der Waals surface area contributed by atoms with E-state index >= 15 is 0 Å². The monoisotopic (exact) mass is 447 g/mol. The molecule has 0 unspecified atom stereocenters. The Labute approximate surface area is 185 Å². The Bertz CT molecular complexity index is 986. The van der Waals surface area contributed by atoms with Crippen molar-refractivity contribution in [1.29, 1.82) is 0 Å². The van der Waals surface area contributed by atoms with Gasteiger partial charge in [0.1, 0.15) is 0 Å². The lowest BCUT2D eigenvalue weighted by atomic mass is 10.1. The molecule has 1 heterocycles. The van der Waals surface area contributed by atoms with Crippen molar-refractivity contribution in [2.75, 3.05) is 37.8 Å². The van der Waals surface area contributed by atoms with Gasteiger partial charge in [0, 0.05) is 35.2 Å². The number of fused-ring (bicyclic) bond motifs is 1. The fourth-order valence-corrected chi connectivity index (χ4v) is 5.18. The number of aryl methyl sites for hydroxylation is 2. The number of thioether (sulfide) groups is 1. The fraction of sp³-hybridized carbons (Fsp3) is 0.364. The van der Waals surface area contributed by atoms with E-state index in [1.807, 2.05) is 43.3 Å². The number of anilines is 1. The van der Waals surface area contributed by atoms with E-state index in [1.54, 1.807) is 23.1 Å². The Morgan fingerprint density at radius 2 is 1.86 bits per heavy atom.